The van der Waals surface area contributed by atoms with E-state index in [4.69, 9.17) is 11.6 Å². The van der Waals surface area contributed by atoms with Crippen molar-refractivity contribution < 1.29 is 9.90 Å². The molecule has 30 heavy (non-hydrogen) atoms. The summed E-state index contributed by atoms with van der Waals surface area (Å²) in [5.74, 6) is 1.03. The van der Waals surface area contributed by atoms with Crippen LogP contribution in [-0.2, 0) is 4.79 Å². The molecule has 5 rings (SSSR count). The number of aliphatic hydroxyl groups excluding tert-OH is 1. The Morgan fingerprint density at radius 1 is 1.03 bits per heavy atom. The van der Waals surface area contributed by atoms with E-state index in [1.54, 1.807) is 0 Å². The summed E-state index contributed by atoms with van der Waals surface area (Å²) in [6.45, 7) is 3.08. The minimum Gasteiger partial charge on any atom is -0.387 e. The predicted octanol–water partition coefficient (Wildman–Crippen LogP) is 4.77. The third-order valence-electron chi connectivity index (χ3n) is 7.24. The first-order valence-corrected chi connectivity index (χ1v) is 11.5. The molecule has 2 heterocycles. The van der Waals surface area contributed by atoms with Crippen molar-refractivity contribution in [3.05, 3.63) is 64.7 Å². The van der Waals surface area contributed by atoms with Crippen molar-refractivity contribution in [1.29, 1.82) is 0 Å². The highest BCUT2D eigenvalue weighted by Gasteiger charge is 2.48. The largest absolute Gasteiger partial charge is 0.387 e. The maximum absolute atomic E-state index is 13.3. The van der Waals surface area contributed by atoms with E-state index in [0.717, 1.165) is 56.1 Å². The number of nitrogens with zero attached hydrogens (tertiary/aromatic N) is 2. The highest BCUT2D eigenvalue weighted by molar-refractivity contribution is 6.30. The second-order valence-corrected chi connectivity index (χ2v) is 9.66. The number of benzene rings is 2. The number of β-amino-alcohol motifs (C(OH)–C–C–N with tert-alkyl or cyclic N) is 1. The van der Waals surface area contributed by atoms with Crippen LogP contribution in [0.2, 0.25) is 5.02 Å². The lowest BCUT2D eigenvalue weighted by atomic mass is 9.77. The van der Waals surface area contributed by atoms with Crippen LogP contribution >= 0.6 is 11.6 Å². The molecule has 1 N–H and O–H groups in total. The van der Waals surface area contributed by atoms with Crippen LogP contribution < -0.4 is 4.90 Å². The van der Waals surface area contributed by atoms with E-state index >= 15 is 0 Å². The number of hydrogen-bond donors (Lipinski definition) is 1. The van der Waals surface area contributed by atoms with E-state index in [0.29, 0.717) is 11.6 Å². The number of halogens is 1. The molecule has 1 amide bonds. The molecule has 1 aliphatic carbocycles. The molecule has 2 saturated heterocycles. The molecule has 2 aliphatic heterocycles. The Labute approximate surface area is 183 Å². The standard InChI is InChI=1S/C25H29ClN2O2/c26-21-3-1-2-20(16-21)23(29)17-27-13-10-25(11-14-27)12-15-28(24(25)30)22-8-6-19(7-9-22)18-4-5-18/h1-3,6-9,16,18,23,29H,4-5,10-15,17H2. The number of piperidine rings is 1. The zero-order chi connectivity index (χ0) is 20.7. The van der Waals surface area contributed by atoms with Crippen LogP contribution in [0.4, 0.5) is 5.69 Å². The number of carbonyl (C=O) groups is 1. The molecule has 2 aromatic rings. The molecule has 0 radical (unpaired) electrons. The van der Waals surface area contributed by atoms with Crippen molar-refractivity contribution in [2.24, 2.45) is 5.41 Å². The van der Waals surface area contributed by atoms with Gasteiger partial charge in [-0.3, -0.25) is 4.79 Å². The van der Waals surface area contributed by atoms with Crippen LogP contribution in [0.5, 0.6) is 0 Å². The van der Waals surface area contributed by atoms with E-state index in [2.05, 4.69) is 29.2 Å². The molecule has 3 aliphatic rings. The van der Waals surface area contributed by atoms with Gasteiger partial charge in [0.05, 0.1) is 11.5 Å². The topological polar surface area (TPSA) is 43.8 Å². The minimum atomic E-state index is -0.557. The van der Waals surface area contributed by atoms with Gasteiger partial charge in [0.2, 0.25) is 5.91 Å². The van der Waals surface area contributed by atoms with Gasteiger partial charge in [-0.15, -0.1) is 0 Å². The van der Waals surface area contributed by atoms with Gasteiger partial charge in [0.15, 0.2) is 0 Å². The van der Waals surface area contributed by atoms with E-state index in [9.17, 15) is 9.90 Å². The molecule has 4 nitrogen and oxygen atoms in total. The Balaban J connectivity index is 1.19. The summed E-state index contributed by atoms with van der Waals surface area (Å²) in [5.41, 5.74) is 3.07. The summed E-state index contributed by atoms with van der Waals surface area (Å²) < 4.78 is 0. The maximum Gasteiger partial charge on any atom is 0.233 e. The second-order valence-electron chi connectivity index (χ2n) is 9.22. The predicted molar refractivity (Wildman–Crippen MR) is 120 cm³/mol. The number of rotatable bonds is 5. The van der Waals surface area contributed by atoms with E-state index in [1.165, 1.54) is 18.4 Å². The summed E-state index contributed by atoms with van der Waals surface area (Å²) in [6.07, 6.45) is 4.70. The van der Waals surface area contributed by atoms with Crippen LogP contribution in [0.3, 0.4) is 0 Å². The average Bonchev–Trinajstić information content (AvgIpc) is 3.56. The summed E-state index contributed by atoms with van der Waals surface area (Å²) in [6, 6.07) is 16.1. The molecule has 3 fully saturated rings. The summed E-state index contributed by atoms with van der Waals surface area (Å²) >= 11 is 6.05. The quantitative estimate of drug-likeness (QED) is 0.751. The number of anilines is 1. The zero-order valence-electron chi connectivity index (χ0n) is 17.3. The Hall–Kier alpha value is -1.88. The highest BCUT2D eigenvalue weighted by atomic mass is 35.5. The highest BCUT2D eigenvalue weighted by Crippen LogP contribution is 2.44. The molecule has 5 heteroatoms. The molecule has 1 saturated carbocycles. The first-order chi connectivity index (χ1) is 14.5. The number of carbonyl (C=O) groups excluding carboxylic acids is 1. The van der Waals surface area contributed by atoms with E-state index in [1.807, 2.05) is 29.2 Å². The molecular weight excluding hydrogens is 396 g/mol. The molecule has 2 aromatic carbocycles. The Morgan fingerprint density at radius 3 is 2.40 bits per heavy atom. The van der Waals surface area contributed by atoms with Gasteiger partial charge in [-0.1, -0.05) is 35.9 Å². The molecular formula is C25H29ClN2O2. The summed E-state index contributed by atoms with van der Waals surface area (Å²) in [7, 11) is 0. The number of hydrogen-bond acceptors (Lipinski definition) is 3. The Morgan fingerprint density at radius 2 is 1.73 bits per heavy atom. The molecule has 1 unspecified atom stereocenters. The molecule has 158 valence electrons. The van der Waals surface area contributed by atoms with Crippen molar-refractivity contribution in [2.75, 3.05) is 31.1 Å². The average molecular weight is 425 g/mol. The lowest BCUT2D eigenvalue weighted by Crippen LogP contribution is -2.45. The minimum absolute atomic E-state index is 0.229. The number of amides is 1. The maximum atomic E-state index is 13.3. The van der Waals surface area contributed by atoms with Crippen LogP contribution in [-0.4, -0.2) is 42.1 Å². The number of likely N-dealkylation sites (tertiary alicyclic amines) is 1. The third kappa shape index (κ3) is 3.89. The molecule has 1 atom stereocenters. The summed E-state index contributed by atoms with van der Waals surface area (Å²) in [4.78, 5) is 17.6. The second kappa shape index (κ2) is 7.99. The SMILES string of the molecule is O=C1N(c2ccc(C3CC3)cc2)CCC12CCN(CC(O)c1cccc(Cl)c1)CC2. The smallest absolute Gasteiger partial charge is 0.233 e. The lowest BCUT2D eigenvalue weighted by molar-refractivity contribution is -0.128. The summed E-state index contributed by atoms with van der Waals surface area (Å²) in [5, 5.41) is 11.2. The normalized spacial score (nSPS) is 22.6. The third-order valence-corrected chi connectivity index (χ3v) is 7.48. The van der Waals surface area contributed by atoms with Crippen LogP contribution in [0.25, 0.3) is 0 Å². The fraction of sp³-hybridized carbons (Fsp3) is 0.480. The van der Waals surface area contributed by atoms with Crippen LogP contribution in [0.15, 0.2) is 48.5 Å². The Bertz CT molecular complexity index is 917. The first-order valence-electron chi connectivity index (χ1n) is 11.1. The monoisotopic (exact) mass is 424 g/mol. The van der Waals surface area contributed by atoms with Crippen molar-refractivity contribution in [3.63, 3.8) is 0 Å². The lowest BCUT2D eigenvalue weighted by Gasteiger charge is -2.38. The van der Waals surface area contributed by atoms with Crippen molar-refractivity contribution in [2.45, 2.75) is 44.1 Å². The zero-order valence-corrected chi connectivity index (χ0v) is 18.0. The van der Waals surface area contributed by atoms with Crippen molar-refractivity contribution in [3.8, 4) is 0 Å². The van der Waals surface area contributed by atoms with Gasteiger partial charge in [-0.2, -0.15) is 0 Å². The first kappa shape index (κ1) is 20.0. The van der Waals surface area contributed by atoms with Gasteiger partial charge in [0.25, 0.3) is 0 Å². The van der Waals surface area contributed by atoms with Gasteiger partial charge < -0.3 is 14.9 Å². The van der Waals surface area contributed by atoms with E-state index < -0.39 is 6.10 Å². The van der Waals surface area contributed by atoms with Crippen LogP contribution in [0, 0.1) is 5.41 Å². The number of aliphatic hydroxyl groups is 1. The van der Waals surface area contributed by atoms with Gasteiger partial charge in [-0.05, 0) is 86.5 Å². The molecule has 0 bridgehead atoms. The van der Waals surface area contributed by atoms with Crippen LogP contribution in [0.1, 0.15) is 55.3 Å². The van der Waals surface area contributed by atoms with Crippen molar-refractivity contribution >= 4 is 23.2 Å². The van der Waals surface area contributed by atoms with Gasteiger partial charge in [0.1, 0.15) is 0 Å². The Kier molecular flexibility index (Phi) is 5.34. The molecule has 1 spiro atoms. The fourth-order valence-electron chi connectivity index (χ4n) is 5.10. The fourth-order valence-corrected chi connectivity index (χ4v) is 5.30. The molecule has 0 aromatic heterocycles. The van der Waals surface area contributed by atoms with Gasteiger partial charge >= 0.3 is 0 Å². The van der Waals surface area contributed by atoms with Gasteiger partial charge in [0, 0.05) is 23.8 Å². The van der Waals surface area contributed by atoms with Gasteiger partial charge in [-0.25, -0.2) is 0 Å². The van der Waals surface area contributed by atoms with Crippen molar-refractivity contribution in [1.82, 2.24) is 4.90 Å². The van der Waals surface area contributed by atoms with E-state index in [-0.39, 0.29) is 11.3 Å².